The third kappa shape index (κ3) is 4.06. The Morgan fingerprint density at radius 2 is 1.16 bits per heavy atom. The molecule has 0 spiro atoms. The molecule has 2 heterocycles. The summed E-state index contributed by atoms with van der Waals surface area (Å²) in [5.41, 5.74) is 2.24. The summed E-state index contributed by atoms with van der Waals surface area (Å²) in [5.74, 6) is -3.52. The van der Waals surface area contributed by atoms with E-state index in [9.17, 15) is 28.8 Å². The van der Waals surface area contributed by atoms with E-state index < -0.39 is 29.2 Å². The summed E-state index contributed by atoms with van der Waals surface area (Å²) in [6.07, 6.45) is 2.11. The molecule has 0 bridgehead atoms. The Labute approximate surface area is 217 Å². The van der Waals surface area contributed by atoms with E-state index in [2.05, 4.69) is 21.3 Å². The minimum absolute atomic E-state index is 0.192. The fraction of sp³-hybridized carbons (Fsp3) is 0.357. The SMILES string of the molecule is O=CC1(Nc2ccc(-c3ccc(NC(=O)C4CC5C(=O)NC(=O)C5C4)cc3)cc2)CC2C(=O)NC(=O)C2C1. The quantitative estimate of drug-likeness (QED) is 0.338. The number of rotatable bonds is 6. The van der Waals surface area contributed by atoms with Crippen molar-refractivity contribution in [2.75, 3.05) is 10.6 Å². The number of amides is 5. The number of imide groups is 2. The zero-order valence-electron chi connectivity index (χ0n) is 20.4. The lowest BCUT2D eigenvalue weighted by Crippen LogP contribution is -2.40. The van der Waals surface area contributed by atoms with Gasteiger partial charge in [0.25, 0.3) is 0 Å². The molecule has 4 unspecified atom stereocenters. The molecule has 4 N–H and O–H groups in total. The maximum atomic E-state index is 12.7. The highest BCUT2D eigenvalue weighted by atomic mass is 16.2. The average Bonchev–Trinajstić information content (AvgIpc) is 3.64. The van der Waals surface area contributed by atoms with Gasteiger partial charge in [0.15, 0.2) is 0 Å². The first-order chi connectivity index (χ1) is 18.2. The first-order valence-corrected chi connectivity index (χ1v) is 12.7. The van der Waals surface area contributed by atoms with Crippen molar-refractivity contribution in [1.29, 1.82) is 0 Å². The number of carbonyl (C=O) groups is 6. The molecule has 194 valence electrons. The molecule has 2 aromatic carbocycles. The van der Waals surface area contributed by atoms with Gasteiger partial charge in [-0.1, -0.05) is 24.3 Å². The summed E-state index contributed by atoms with van der Waals surface area (Å²) in [7, 11) is 0. The van der Waals surface area contributed by atoms with Crippen molar-refractivity contribution in [2.24, 2.45) is 29.6 Å². The average molecular weight is 515 g/mol. The second-order valence-corrected chi connectivity index (χ2v) is 10.8. The van der Waals surface area contributed by atoms with Gasteiger partial charge in [-0.25, -0.2) is 0 Å². The summed E-state index contributed by atoms with van der Waals surface area (Å²) >= 11 is 0. The molecule has 2 aliphatic carbocycles. The zero-order chi connectivity index (χ0) is 26.6. The van der Waals surface area contributed by atoms with Crippen LogP contribution >= 0.6 is 0 Å². The molecule has 38 heavy (non-hydrogen) atoms. The number of nitrogens with one attached hydrogen (secondary N) is 4. The molecule has 4 fully saturated rings. The molecule has 10 nitrogen and oxygen atoms in total. The van der Waals surface area contributed by atoms with Crippen LogP contribution < -0.4 is 21.3 Å². The van der Waals surface area contributed by atoms with E-state index in [4.69, 9.17) is 0 Å². The van der Waals surface area contributed by atoms with E-state index in [0.29, 0.717) is 24.2 Å². The van der Waals surface area contributed by atoms with Crippen molar-refractivity contribution in [1.82, 2.24) is 10.6 Å². The molecule has 2 saturated carbocycles. The van der Waals surface area contributed by atoms with Crippen molar-refractivity contribution < 1.29 is 28.8 Å². The molecular formula is C28H26N4O6. The lowest BCUT2D eigenvalue weighted by atomic mass is 9.96. The van der Waals surface area contributed by atoms with Gasteiger partial charge in [-0.3, -0.25) is 34.6 Å². The van der Waals surface area contributed by atoms with Crippen molar-refractivity contribution in [3.63, 3.8) is 0 Å². The Balaban J connectivity index is 1.08. The van der Waals surface area contributed by atoms with Gasteiger partial charge >= 0.3 is 0 Å². The molecule has 4 atom stereocenters. The number of anilines is 2. The third-order valence-corrected chi connectivity index (χ3v) is 8.42. The van der Waals surface area contributed by atoms with Crippen molar-refractivity contribution in [3.8, 4) is 11.1 Å². The Kier molecular flexibility index (Phi) is 5.62. The van der Waals surface area contributed by atoms with E-state index in [-0.39, 0.29) is 48.3 Å². The van der Waals surface area contributed by atoms with E-state index >= 15 is 0 Å². The molecule has 5 amide bonds. The van der Waals surface area contributed by atoms with Gasteiger partial charge in [-0.2, -0.15) is 0 Å². The van der Waals surface area contributed by atoms with Crippen LogP contribution in [0, 0.1) is 29.6 Å². The molecule has 0 radical (unpaired) electrons. The highest BCUT2D eigenvalue weighted by Gasteiger charge is 2.55. The molecule has 0 aromatic heterocycles. The summed E-state index contributed by atoms with van der Waals surface area (Å²) in [6, 6.07) is 14.9. The summed E-state index contributed by atoms with van der Waals surface area (Å²) in [5, 5.41) is 10.8. The number of fused-ring (bicyclic) bond motifs is 2. The lowest BCUT2D eigenvalue weighted by molar-refractivity contribution is -0.128. The Bertz CT molecular complexity index is 1320. The van der Waals surface area contributed by atoms with E-state index in [1.165, 1.54) is 0 Å². The molecular weight excluding hydrogens is 488 g/mol. The molecule has 10 heteroatoms. The van der Waals surface area contributed by atoms with Crippen molar-refractivity contribution in [2.45, 2.75) is 31.2 Å². The fourth-order valence-electron chi connectivity index (χ4n) is 6.40. The molecule has 2 aliphatic heterocycles. The Morgan fingerprint density at radius 3 is 1.63 bits per heavy atom. The maximum Gasteiger partial charge on any atom is 0.230 e. The zero-order valence-corrected chi connectivity index (χ0v) is 20.4. The van der Waals surface area contributed by atoms with Crippen LogP contribution in [0.2, 0.25) is 0 Å². The van der Waals surface area contributed by atoms with Gasteiger partial charge in [0.05, 0.1) is 29.2 Å². The van der Waals surface area contributed by atoms with Gasteiger partial charge in [-0.05, 0) is 61.1 Å². The van der Waals surface area contributed by atoms with Crippen LogP contribution in [-0.4, -0.2) is 41.4 Å². The van der Waals surface area contributed by atoms with E-state index in [1.807, 2.05) is 36.4 Å². The number of hydrogen-bond acceptors (Lipinski definition) is 7. The standard InChI is InChI=1S/C28H26N4O6/c33-13-28(11-21-22(12-28)27(38)31-26(21)37)32-18-7-3-15(4-8-18)14-1-5-17(6-2-14)29-23(34)16-9-19-20(10-16)25(36)30-24(19)35/h1-8,13,16,19-22,32H,9-12H2,(H,29,34)(H,30,35,36)(H,31,37,38). The van der Waals surface area contributed by atoms with Crippen LogP contribution in [0.4, 0.5) is 11.4 Å². The molecule has 6 rings (SSSR count). The minimum atomic E-state index is -0.959. The van der Waals surface area contributed by atoms with E-state index in [1.54, 1.807) is 12.1 Å². The van der Waals surface area contributed by atoms with Gasteiger partial charge in [0.2, 0.25) is 29.5 Å². The summed E-state index contributed by atoms with van der Waals surface area (Å²) < 4.78 is 0. The van der Waals surface area contributed by atoms with Gasteiger partial charge < -0.3 is 15.4 Å². The van der Waals surface area contributed by atoms with Crippen LogP contribution in [0.5, 0.6) is 0 Å². The molecule has 2 aromatic rings. The smallest absolute Gasteiger partial charge is 0.230 e. The van der Waals surface area contributed by atoms with Gasteiger partial charge in [0.1, 0.15) is 6.29 Å². The van der Waals surface area contributed by atoms with Crippen LogP contribution in [0.15, 0.2) is 48.5 Å². The number of benzene rings is 2. The highest BCUT2D eigenvalue weighted by molar-refractivity contribution is 6.07. The van der Waals surface area contributed by atoms with Gasteiger partial charge in [-0.15, -0.1) is 0 Å². The Morgan fingerprint density at radius 1 is 0.711 bits per heavy atom. The lowest BCUT2D eigenvalue weighted by Gasteiger charge is -2.26. The van der Waals surface area contributed by atoms with E-state index in [0.717, 1.165) is 17.4 Å². The Hall–Kier alpha value is -4.34. The van der Waals surface area contributed by atoms with Crippen molar-refractivity contribution in [3.05, 3.63) is 48.5 Å². The number of carbonyl (C=O) groups excluding carboxylic acids is 6. The summed E-state index contributed by atoms with van der Waals surface area (Å²) in [4.78, 5) is 72.4. The van der Waals surface area contributed by atoms with Crippen LogP contribution in [0.25, 0.3) is 11.1 Å². The third-order valence-electron chi connectivity index (χ3n) is 8.42. The minimum Gasteiger partial charge on any atom is -0.373 e. The monoisotopic (exact) mass is 514 g/mol. The fourth-order valence-corrected chi connectivity index (χ4v) is 6.40. The topological polar surface area (TPSA) is 151 Å². The largest absolute Gasteiger partial charge is 0.373 e. The maximum absolute atomic E-state index is 12.7. The van der Waals surface area contributed by atoms with Crippen LogP contribution in [-0.2, 0) is 28.8 Å². The predicted molar refractivity (Wildman–Crippen MR) is 135 cm³/mol. The van der Waals surface area contributed by atoms with Crippen molar-refractivity contribution >= 4 is 47.2 Å². The predicted octanol–water partition coefficient (Wildman–Crippen LogP) is 1.62. The highest BCUT2D eigenvalue weighted by Crippen LogP contribution is 2.43. The van der Waals surface area contributed by atoms with Gasteiger partial charge in [0, 0.05) is 17.3 Å². The van der Waals surface area contributed by atoms with Crippen LogP contribution in [0.1, 0.15) is 25.7 Å². The second-order valence-electron chi connectivity index (χ2n) is 10.8. The number of aldehydes is 1. The first-order valence-electron chi connectivity index (χ1n) is 12.7. The summed E-state index contributed by atoms with van der Waals surface area (Å²) in [6.45, 7) is 0. The normalized spacial score (nSPS) is 31.4. The molecule has 4 aliphatic rings. The number of hydrogen-bond donors (Lipinski definition) is 4. The molecule has 2 saturated heterocycles. The first kappa shape index (κ1) is 24.0. The van der Waals surface area contributed by atoms with Crippen LogP contribution in [0.3, 0.4) is 0 Å². The second kappa shape index (κ2) is 8.90.